The molecule has 0 saturated carbocycles. The average Bonchev–Trinajstić information content (AvgIpc) is 2.19. The molecule has 78 valence electrons. The van der Waals surface area contributed by atoms with E-state index in [0.717, 1.165) is 19.4 Å². The molecule has 0 aromatic rings. The first-order valence-corrected chi connectivity index (χ1v) is 4.86. The Balaban J connectivity index is 2.45. The second-order valence-electron chi connectivity index (χ2n) is 4.14. The standard InChI is InChI=1S/C10H16N2O2/c1-10(2,7-11)12-9(13)8-4-3-5-14-6-8/h8H,3-6H2,1-2H3,(H,12,13). The van der Waals surface area contributed by atoms with Crippen LogP contribution in [0.3, 0.4) is 0 Å². The minimum absolute atomic E-state index is 0.0729. The summed E-state index contributed by atoms with van der Waals surface area (Å²) in [7, 11) is 0. The van der Waals surface area contributed by atoms with Gasteiger partial charge in [-0.2, -0.15) is 5.26 Å². The summed E-state index contributed by atoms with van der Waals surface area (Å²) in [5.41, 5.74) is -0.783. The Bertz CT molecular complexity index is 249. The highest BCUT2D eigenvalue weighted by Crippen LogP contribution is 2.14. The SMILES string of the molecule is CC(C)(C#N)NC(=O)C1CCCOC1. The van der Waals surface area contributed by atoms with Gasteiger partial charge < -0.3 is 10.1 Å². The Hall–Kier alpha value is -1.08. The number of carbonyl (C=O) groups excluding carboxylic acids is 1. The second kappa shape index (κ2) is 4.43. The summed E-state index contributed by atoms with van der Waals surface area (Å²) in [6.07, 6.45) is 1.78. The number of rotatable bonds is 2. The number of amides is 1. The topological polar surface area (TPSA) is 62.1 Å². The van der Waals surface area contributed by atoms with E-state index in [9.17, 15) is 4.79 Å². The molecule has 4 heteroatoms. The van der Waals surface area contributed by atoms with Gasteiger partial charge in [-0.05, 0) is 26.7 Å². The van der Waals surface area contributed by atoms with Gasteiger partial charge in [-0.15, -0.1) is 0 Å². The van der Waals surface area contributed by atoms with Gasteiger partial charge in [0, 0.05) is 6.61 Å². The molecule has 1 aliphatic rings. The zero-order valence-corrected chi connectivity index (χ0v) is 8.67. The van der Waals surface area contributed by atoms with Crippen LogP contribution >= 0.6 is 0 Å². The molecule has 0 bridgehead atoms. The molecule has 4 nitrogen and oxygen atoms in total. The maximum atomic E-state index is 11.6. The van der Waals surface area contributed by atoms with Crippen LogP contribution in [0, 0.1) is 17.2 Å². The number of carbonyl (C=O) groups is 1. The van der Waals surface area contributed by atoms with E-state index in [1.807, 2.05) is 6.07 Å². The van der Waals surface area contributed by atoms with E-state index >= 15 is 0 Å². The molecule has 0 aromatic heterocycles. The molecule has 1 atom stereocenters. The number of nitrogens with zero attached hydrogens (tertiary/aromatic N) is 1. The second-order valence-corrected chi connectivity index (χ2v) is 4.14. The lowest BCUT2D eigenvalue weighted by Gasteiger charge is -2.25. The average molecular weight is 196 g/mol. The van der Waals surface area contributed by atoms with Crippen molar-refractivity contribution in [3.05, 3.63) is 0 Å². The highest BCUT2D eigenvalue weighted by Gasteiger charge is 2.26. The first-order valence-electron chi connectivity index (χ1n) is 4.86. The molecule has 1 fully saturated rings. The highest BCUT2D eigenvalue weighted by molar-refractivity contribution is 5.80. The molecule has 1 rings (SSSR count). The van der Waals surface area contributed by atoms with Crippen molar-refractivity contribution in [3.8, 4) is 6.07 Å². The summed E-state index contributed by atoms with van der Waals surface area (Å²) in [6, 6.07) is 2.04. The predicted molar refractivity (Wildman–Crippen MR) is 51.4 cm³/mol. The first-order chi connectivity index (χ1) is 6.55. The van der Waals surface area contributed by atoms with Crippen molar-refractivity contribution in [3.63, 3.8) is 0 Å². The first kappa shape index (κ1) is 11.0. The van der Waals surface area contributed by atoms with Gasteiger partial charge in [0.05, 0.1) is 18.6 Å². The molecule has 0 aromatic carbocycles. The van der Waals surface area contributed by atoms with Crippen LogP contribution < -0.4 is 5.32 Å². The molecule has 14 heavy (non-hydrogen) atoms. The van der Waals surface area contributed by atoms with Gasteiger partial charge in [0.15, 0.2) is 0 Å². The molecule has 1 amide bonds. The third-order valence-electron chi connectivity index (χ3n) is 2.25. The van der Waals surface area contributed by atoms with Gasteiger partial charge in [0.2, 0.25) is 5.91 Å². The number of nitriles is 1. The van der Waals surface area contributed by atoms with Gasteiger partial charge >= 0.3 is 0 Å². The van der Waals surface area contributed by atoms with Crippen LogP contribution in [0.1, 0.15) is 26.7 Å². The van der Waals surface area contributed by atoms with Crippen molar-refractivity contribution in [2.24, 2.45) is 5.92 Å². The molecule has 1 N–H and O–H groups in total. The molecule has 0 radical (unpaired) electrons. The summed E-state index contributed by atoms with van der Waals surface area (Å²) in [6.45, 7) is 4.60. The fourth-order valence-corrected chi connectivity index (χ4v) is 1.39. The zero-order valence-electron chi connectivity index (χ0n) is 8.67. The molecular weight excluding hydrogens is 180 g/mol. The molecule has 0 aliphatic carbocycles. The summed E-state index contributed by atoms with van der Waals surface area (Å²) in [4.78, 5) is 11.6. The Morgan fingerprint density at radius 1 is 1.64 bits per heavy atom. The highest BCUT2D eigenvalue weighted by atomic mass is 16.5. The van der Waals surface area contributed by atoms with Crippen molar-refractivity contribution in [1.29, 1.82) is 5.26 Å². The van der Waals surface area contributed by atoms with Crippen LogP contribution in [0.25, 0.3) is 0 Å². The fraction of sp³-hybridized carbons (Fsp3) is 0.800. The maximum Gasteiger partial charge on any atom is 0.226 e. The molecule has 1 saturated heterocycles. The van der Waals surface area contributed by atoms with Gasteiger partial charge in [-0.1, -0.05) is 0 Å². The minimum Gasteiger partial charge on any atom is -0.381 e. The predicted octanol–water partition coefficient (Wildman–Crippen LogP) is 0.831. The van der Waals surface area contributed by atoms with E-state index in [2.05, 4.69) is 5.32 Å². The Labute approximate surface area is 84.2 Å². The molecule has 1 heterocycles. The van der Waals surface area contributed by atoms with Crippen molar-refractivity contribution in [2.45, 2.75) is 32.2 Å². The summed E-state index contributed by atoms with van der Waals surface area (Å²) >= 11 is 0. The van der Waals surface area contributed by atoms with Crippen molar-refractivity contribution in [2.75, 3.05) is 13.2 Å². The quantitative estimate of drug-likeness (QED) is 0.711. The third kappa shape index (κ3) is 3.00. The summed E-state index contributed by atoms with van der Waals surface area (Å²) < 4.78 is 5.21. The van der Waals surface area contributed by atoms with E-state index in [4.69, 9.17) is 10.00 Å². The van der Waals surface area contributed by atoms with Gasteiger partial charge in [-0.25, -0.2) is 0 Å². The van der Waals surface area contributed by atoms with E-state index in [1.54, 1.807) is 13.8 Å². The molecule has 1 unspecified atom stereocenters. The van der Waals surface area contributed by atoms with Crippen molar-refractivity contribution in [1.82, 2.24) is 5.32 Å². The van der Waals surface area contributed by atoms with Crippen LogP contribution in [0.5, 0.6) is 0 Å². The smallest absolute Gasteiger partial charge is 0.226 e. The largest absolute Gasteiger partial charge is 0.381 e. The molecule has 1 aliphatic heterocycles. The Morgan fingerprint density at radius 2 is 2.36 bits per heavy atom. The maximum absolute atomic E-state index is 11.6. The van der Waals surface area contributed by atoms with E-state index in [0.29, 0.717) is 6.61 Å². The van der Waals surface area contributed by atoms with Gasteiger partial charge in [-0.3, -0.25) is 4.79 Å². The summed E-state index contributed by atoms with van der Waals surface area (Å²) in [5.74, 6) is -0.160. The van der Waals surface area contributed by atoms with Crippen molar-refractivity contribution >= 4 is 5.91 Å². The van der Waals surface area contributed by atoms with Crippen LogP contribution in [-0.2, 0) is 9.53 Å². The molecule has 0 spiro atoms. The number of ether oxygens (including phenoxy) is 1. The Morgan fingerprint density at radius 3 is 2.86 bits per heavy atom. The number of nitrogens with one attached hydrogen (secondary N) is 1. The normalized spacial score (nSPS) is 22.5. The zero-order chi connectivity index (χ0) is 10.6. The lowest BCUT2D eigenvalue weighted by atomic mass is 9.99. The monoisotopic (exact) mass is 196 g/mol. The lowest BCUT2D eigenvalue weighted by molar-refractivity contribution is -0.130. The Kier molecular flexibility index (Phi) is 3.48. The number of hydrogen-bond donors (Lipinski definition) is 1. The lowest BCUT2D eigenvalue weighted by Crippen LogP contribution is -2.46. The number of hydrogen-bond acceptors (Lipinski definition) is 3. The van der Waals surface area contributed by atoms with E-state index in [1.165, 1.54) is 0 Å². The van der Waals surface area contributed by atoms with E-state index < -0.39 is 5.54 Å². The third-order valence-corrected chi connectivity index (χ3v) is 2.25. The van der Waals surface area contributed by atoms with Gasteiger partial charge in [0.25, 0.3) is 0 Å². The van der Waals surface area contributed by atoms with Gasteiger partial charge in [0.1, 0.15) is 5.54 Å². The summed E-state index contributed by atoms with van der Waals surface area (Å²) in [5, 5.41) is 11.4. The van der Waals surface area contributed by atoms with Crippen LogP contribution in [0.4, 0.5) is 0 Å². The minimum atomic E-state index is -0.783. The van der Waals surface area contributed by atoms with Crippen molar-refractivity contribution < 1.29 is 9.53 Å². The van der Waals surface area contributed by atoms with Crippen LogP contribution in [0.15, 0.2) is 0 Å². The fourth-order valence-electron chi connectivity index (χ4n) is 1.39. The van der Waals surface area contributed by atoms with Crippen LogP contribution in [-0.4, -0.2) is 24.7 Å². The molecular formula is C10H16N2O2. The van der Waals surface area contributed by atoms with Crippen LogP contribution in [0.2, 0.25) is 0 Å². The van der Waals surface area contributed by atoms with E-state index in [-0.39, 0.29) is 11.8 Å².